The van der Waals surface area contributed by atoms with Gasteiger partial charge in [-0.2, -0.15) is 0 Å². The summed E-state index contributed by atoms with van der Waals surface area (Å²) < 4.78 is 16.5. The first kappa shape index (κ1) is 25.8. The third-order valence-corrected chi connectivity index (χ3v) is 5.63. The van der Waals surface area contributed by atoms with Crippen LogP contribution in [-0.4, -0.2) is 25.2 Å². The van der Waals surface area contributed by atoms with Crippen LogP contribution in [0.2, 0.25) is 0 Å². The largest absolute Gasteiger partial charge is 0.494 e. The molecule has 0 radical (unpaired) electrons. The van der Waals surface area contributed by atoms with E-state index >= 15 is 0 Å². The van der Waals surface area contributed by atoms with E-state index in [0.717, 1.165) is 36.1 Å². The molecule has 5 nitrogen and oxygen atoms in total. The Morgan fingerprint density at radius 2 is 1.37 bits per heavy atom. The van der Waals surface area contributed by atoms with Gasteiger partial charge in [0, 0.05) is 0 Å². The Morgan fingerprint density at radius 3 is 1.97 bits per heavy atom. The molecule has 0 heterocycles. The molecule has 3 aromatic carbocycles. The van der Waals surface area contributed by atoms with E-state index < -0.39 is 5.97 Å². The fourth-order valence-electron chi connectivity index (χ4n) is 3.20. The molecule has 0 aliphatic rings. The molecule has 0 fully saturated rings. The number of carbonyl (C=O) groups is 2. The zero-order chi connectivity index (χ0) is 25.0. The Kier molecular flexibility index (Phi) is 9.67. The number of carbonyl (C=O) groups excluding carboxylic acids is 2. The average Bonchev–Trinajstić information content (AvgIpc) is 2.90. The summed E-state index contributed by atoms with van der Waals surface area (Å²) in [6.45, 7) is 8.83. The third kappa shape index (κ3) is 7.85. The van der Waals surface area contributed by atoms with Gasteiger partial charge in [0.15, 0.2) is 0 Å². The minimum Gasteiger partial charge on any atom is -0.494 e. The van der Waals surface area contributed by atoms with Crippen LogP contribution in [-0.2, 0) is 4.74 Å². The minimum absolute atomic E-state index is 0.316. The first-order chi connectivity index (χ1) is 17.0. The normalized spacial score (nSPS) is 11.4. The van der Waals surface area contributed by atoms with Gasteiger partial charge in [-0.25, -0.2) is 9.59 Å². The molecule has 0 spiro atoms. The summed E-state index contributed by atoms with van der Waals surface area (Å²) in [4.78, 5) is 24.7. The van der Waals surface area contributed by atoms with Gasteiger partial charge in [0.2, 0.25) is 0 Å². The predicted molar refractivity (Wildman–Crippen MR) is 138 cm³/mol. The van der Waals surface area contributed by atoms with Crippen LogP contribution in [0.1, 0.15) is 53.8 Å². The van der Waals surface area contributed by atoms with E-state index in [4.69, 9.17) is 14.2 Å². The zero-order valence-electron chi connectivity index (χ0n) is 20.4. The SMILES string of the molecule is C=CCCCOc1ccc(-c2ccc(C(=O)Oc3ccc(C(=O)OCC(C)CC)cc3)cc2)cc1. The van der Waals surface area contributed by atoms with E-state index in [1.165, 1.54) is 0 Å². The van der Waals surface area contributed by atoms with Crippen molar-refractivity contribution in [3.8, 4) is 22.6 Å². The molecule has 0 aliphatic carbocycles. The van der Waals surface area contributed by atoms with Gasteiger partial charge < -0.3 is 14.2 Å². The van der Waals surface area contributed by atoms with Crippen molar-refractivity contribution in [1.82, 2.24) is 0 Å². The number of benzene rings is 3. The van der Waals surface area contributed by atoms with Crippen molar-refractivity contribution in [2.45, 2.75) is 33.1 Å². The van der Waals surface area contributed by atoms with Crippen LogP contribution >= 0.6 is 0 Å². The number of hydrogen-bond acceptors (Lipinski definition) is 5. The van der Waals surface area contributed by atoms with Crippen molar-refractivity contribution in [3.63, 3.8) is 0 Å². The lowest BCUT2D eigenvalue weighted by atomic mass is 10.0. The molecule has 3 aromatic rings. The average molecular weight is 473 g/mol. The maximum atomic E-state index is 12.5. The number of esters is 2. The van der Waals surface area contributed by atoms with Crippen LogP contribution in [0, 0.1) is 5.92 Å². The van der Waals surface area contributed by atoms with Gasteiger partial charge in [0.05, 0.1) is 24.3 Å². The first-order valence-corrected chi connectivity index (χ1v) is 11.9. The first-order valence-electron chi connectivity index (χ1n) is 11.9. The van der Waals surface area contributed by atoms with Crippen molar-refractivity contribution >= 4 is 11.9 Å². The third-order valence-electron chi connectivity index (χ3n) is 5.63. The molecule has 0 saturated carbocycles. The highest BCUT2D eigenvalue weighted by Gasteiger charge is 2.12. The topological polar surface area (TPSA) is 61.8 Å². The summed E-state index contributed by atoms with van der Waals surface area (Å²) in [7, 11) is 0. The maximum Gasteiger partial charge on any atom is 0.343 e. The van der Waals surface area contributed by atoms with Crippen LogP contribution in [0.4, 0.5) is 0 Å². The fourth-order valence-corrected chi connectivity index (χ4v) is 3.20. The molecule has 0 amide bonds. The molecule has 3 rings (SSSR count). The predicted octanol–water partition coefficient (Wildman–Crippen LogP) is 7.12. The molecule has 0 N–H and O–H groups in total. The molecule has 35 heavy (non-hydrogen) atoms. The van der Waals surface area contributed by atoms with Crippen molar-refractivity contribution in [2.24, 2.45) is 5.92 Å². The highest BCUT2D eigenvalue weighted by molar-refractivity contribution is 5.92. The van der Waals surface area contributed by atoms with Gasteiger partial charge >= 0.3 is 11.9 Å². The lowest BCUT2D eigenvalue weighted by Gasteiger charge is -2.10. The highest BCUT2D eigenvalue weighted by atomic mass is 16.5. The van der Waals surface area contributed by atoms with Crippen LogP contribution in [0.25, 0.3) is 11.1 Å². The Balaban J connectivity index is 1.54. The van der Waals surface area contributed by atoms with Crippen LogP contribution in [0.15, 0.2) is 85.5 Å². The maximum absolute atomic E-state index is 12.5. The zero-order valence-corrected chi connectivity index (χ0v) is 20.4. The molecule has 5 heteroatoms. The Hall–Kier alpha value is -3.86. The smallest absolute Gasteiger partial charge is 0.343 e. The molecule has 182 valence electrons. The Labute approximate surface area is 207 Å². The van der Waals surface area contributed by atoms with Gasteiger partial charge in [-0.1, -0.05) is 50.6 Å². The van der Waals surface area contributed by atoms with Gasteiger partial charge in [0.25, 0.3) is 0 Å². The summed E-state index contributed by atoms with van der Waals surface area (Å²) in [5.74, 6) is 0.656. The van der Waals surface area contributed by atoms with E-state index in [9.17, 15) is 9.59 Å². The van der Waals surface area contributed by atoms with Crippen LogP contribution in [0.3, 0.4) is 0 Å². The van der Waals surface area contributed by atoms with Gasteiger partial charge in [-0.3, -0.25) is 0 Å². The fraction of sp³-hybridized carbons (Fsp3) is 0.267. The number of unbranched alkanes of at least 4 members (excludes halogenated alkanes) is 1. The summed E-state index contributed by atoms with van der Waals surface area (Å²) >= 11 is 0. The Bertz CT molecular complexity index is 1100. The van der Waals surface area contributed by atoms with Crippen LogP contribution < -0.4 is 9.47 Å². The van der Waals surface area contributed by atoms with E-state index in [-0.39, 0.29) is 5.97 Å². The molecular weight excluding hydrogens is 440 g/mol. The van der Waals surface area contributed by atoms with Crippen molar-refractivity contribution in [3.05, 3.63) is 96.6 Å². The van der Waals surface area contributed by atoms with Crippen molar-refractivity contribution < 1.29 is 23.8 Å². The molecule has 0 aromatic heterocycles. The second-order valence-corrected chi connectivity index (χ2v) is 8.41. The highest BCUT2D eigenvalue weighted by Crippen LogP contribution is 2.24. The van der Waals surface area contributed by atoms with Crippen molar-refractivity contribution in [2.75, 3.05) is 13.2 Å². The van der Waals surface area contributed by atoms with Gasteiger partial charge in [-0.05, 0) is 78.4 Å². The van der Waals surface area contributed by atoms with Crippen LogP contribution in [0.5, 0.6) is 11.5 Å². The van der Waals surface area contributed by atoms with E-state index in [1.807, 2.05) is 49.4 Å². The minimum atomic E-state index is -0.466. The second-order valence-electron chi connectivity index (χ2n) is 8.41. The second kappa shape index (κ2) is 13.1. The Morgan fingerprint density at radius 1 is 0.829 bits per heavy atom. The summed E-state index contributed by atoms with van der Waals surface area (Å²) in [5.41, 5.74) is 2.87. The number of allylic oxidation sites excluding steroid dienone is 1. The molecule has 1 atom stereocenters. The van der Waals surface area contributed by atoms with E-state index in [2.05, 4.69) is 13.5 Å². The molecule has 0 saturated heterocycles. The molecular formula is C30H32O5. The van der Waals surface area contributed by atoms with E-state index in [0.29, 0.717) is 36.0 Å². The molecule has 1 unspecified atom stereocenters. The summed E-state index contributed by atoms with van der Waals surface area (Å²) in [6.07, 6.45) is 4.71. The molecule has 0 aliphatic heterocycles. The van der Waals surface area contributed by atoms with E-state index in [1.54, 1.807) is 36.4 Å². The quantitative estimate of drug-likeness (QED) is 0.122. The van der Waals surface area contributed by atoms with Gasteiger partial charge in [-0.15, -0.1) is 6.58 Å². The van der Waals surface area contributed by atoms with Crippen molar-refractivity contribution in [1.29, 1.82) is 0 Å². The number of rotatable bonds is 12. The number of ether oxygens (including phenoxy) is 3. The lowest BCUT2D eigenvalue weighted by Crippen LogP contribution is -2.12. The van der Waals surface area contributed by atoms with Gasteiger partial charge in [0.1, 0.15) is 11.5 Å². The summed E-state index contributed by atoms with van der Waals surface area (Å²) in [5, 5.41) is 0. The summed E-state index contributed by atoms with van der Waals surface area (Å²) in [6, 6.07) is 21.5. The lowest BCUT2D eigenvalue weighted by molar-refractivity contribution is 0.0447. The monoisotopic (exact) mass is 472 g/mol. The number of hydrogen-bond donors (Lipinski definition) is 0. The molecule has 0 bridgehead atoms. The standard InChI is InChI=1S/C30H32O5/c1-4-6-7-20-33-27-16-12-24(13-17-27)23-8-10-26(11-9-23)30(32)35-28-18-14-25(15-19-28)29(31)34-21-22(3)5-2/h4,8-19,22H,1,5-7,20-21H2,2-3H3.